The largest absolute Gasteiger partial charge is 0.493 e. The lowest BCUT2D eigenvalue weighted by Crippen LogP contribution is -2.26. The van der Waals surface area contributed by atoms with Gasteiger partial charge in [-0.1, -0.05) is 18.2 Å². The van der Waals surface area contributed by atoms with Crippen LogP contribution in [0, 0.1) is 0 Å². The van der Waals surface area contributed by atoms with E-state index in [1.807, 2.05) is 13.0 Å². The maximum atomic E-state index is 12.7. The summed E-state index contributed by atoms with van der Waals surface area (Å²) in [6, 6.07) is 18.5. The third-order valence-corrected chi connectivity index (χ3v) is 5.39. The quantitative estimate of drug-likeness (QED) is 0.112. The van der Waals surface area contributed by atoms with Crippen molar-refractivity contribution in [1.82, 2.24) is 10.7 Å². The Bertz CT molecular complexity index is 1310. The van der Waals surface area contributed by atoms with Crippen molar-refractivity contribution in [3.05, 3.63) is 83.4 Å². The van der Waals surface area contributed by atoms with Crippen LogP contribution in [0.3, 0.4) is 0 Å². The minimum atomic E-state index is -0.592. The smallest absolute Gasteiger partial charge is 0.343 e. The van der Waals surface area contributed by atoms with Crippen LogP contribution in [0.2, 0.25) is 0 Å². The number of methoxy groups -OCH3 is 2. The van der Waals surface area contributed by atoms with E-state index in [1.165, 1.54) is 26.5 Å². The van der Waals surface area contributed by atoms with Gasteiger partial charge in [0.25, 0.3) is 5.91 Å². The third kappa shape index (κ3) is 8.60. The molecule has 10 nitrogen and oxygen atoms in total. The van der Waals surface area contributed by atoms with E-state index in [2.05, 4.69) is 15.8 Å². The van der Waals surface area contributed by atoms with Gasteiger partial charge in [0.2, 0.25) is 5.91 Å². The lowest BCUT2D eigenvalue weighted by atomic mass is 10.2. The van der Waals surface area contributed by atoms with Crippen LogP contribution in [-0.4, -0.2) is 51.4 Å². The number of carbonyl (C=O) groups excluding carboxylic acids is 3. The Balaban J connectivity index is 1.52. The van der Waals surface area contributed by atoms with Crippen LogP contribution in [0.4, 0.5) is 0 Å². The molecular formula is C29H31N3O7. The minimum Gasteiger partial charge on any atom is -0.493 e. The molecule has 2 N–H and O–H groups in total. The van der Waals surface area contributed by atoms with Crippen molar-refractivity contribution in [2.24, 2.45) is 5.10 Å². The molecule has 204 valence electrons. The summed E-state index contributed by atoms with van der Waals surface area (Å²) >= 11 is 0. The Morgan fingerprint density at radius 1 is 0.846 bits per heavy atom. The van der Waals surface area contributed by atoms with Gasteiger partial charge in [0.05, 0.1) is 32.6 Å². The van der Waals surface area contributed by atoms with Gasteiger partial charge < -0.3 is 24.3 Å². The van der Waals surface area contributed by atoms with E-state index in [0.717, 1.165) is 0 Å². The van der Waals surface area contributed by atoms with Crippen LogP contribution < -0.4 is 29.7 Å². The number of carbonyl (C=O) groups is 3. The Kier molecular flexibility index (Phi) is 10.9. The molecule has 3 aromatic carbocycles. The average molecular weight is 534 g/mol. The van der Waals surface area contributed by atoms with Crippen LogP contribution in [0.25, 0.3) is 0 Å². The summed E-state index contributed by atoms with van der Waals surface area (Å²) in [5.41, 5.74) is 3.94. The van der Waals surface area contributed by atoms with E-state index in [4.69, 9.17) is 18.9 Å². The second kappa shape index (κ2) is 14.8. The van der Waals surface area contributed by atoms with Crippen LogP contribution in [0.15, 0.2) is 71.8 Å². The number of nitrogens with zero attached hydrogens (tertiary/aromatic N) is 1. The molecule has 0 aliphatic carbocycles. The molecule has 0 heterocycles. The maximum absolute atomic E-state index is 12.7. The molecule has 0 fully saturated rings. The Labute approximate surface area is 226 Å². The predicted molar refractivity (Wildman–Crippen MR) is 146 cm³/mol. The molecular weight excluding hydrogens is 502 g/mol. The zero-order valence-electron chi connectivity index (χ0n) is 22.1. The first-order valence-electron chi connectivity index (χ1n) is 12.3. The molecule has 0 bridgehead atoms. The minimum absolute atomic E-state index is 0.183. The van der Waals surface area contributed by atoms with E-state index in [0.29, 0.717) is 47.9 Å². The summed E-state index contributed by atoms with van der Waals surface area (Å²) in [7, 11) is 2.99. The van der Waals surface area contributed by atoms with Gasteiger partial charge in [0.15, 0.2) is 23.0 Å². The highest BCUT2D eigenvalue weighted by Gasteiger charge is 2.16. The van der Waals surface area contributed by atoms with E-state index in [9.17, 15) is 14.4 Å². The molecule has 0 radical (unpaired) electrons. The molecule has 0 spiro atoms. The summed E-state index contributed by atoms with van der Waals surface area (Å²) in [5.74, 6) is 0.413. The summed E-state index contributed by atoms with van der Waals surface area (Å²) in [4.78, 5) is 36.8. The summed E-state index contributed by atoms with van der Waals surface area (Å²) in [5, 5.41) is 6.75. The van der Waals surface area contributed by atoms with E-state index < -0.39 is 5.97 Å². The lowest BCUT2D eigenvalue weighted by molar-refractivity contribution is -0.121. The van der Waals surface area contributed by atoms with Gasteiger partial charge >= 0.3 is 5.97 Å². The van der Waals surface area contributed by atoms with Gasteiger partial charge in [0.1, 0.15) is 0 Å². The number of rotatable bonds is 13. The average Bonchev–Trinajstić information content (AvgIpc) is 2.96. The number of ether oxygens (including phenoxy) is 4. The number of hydrazone groups is 1. The molecule has 0 saturated heterocycles. The second-order valence-electron chi connectivity index (χ2n) is 8.12. The van der Waals surface area contributed by atoms with Gasteiger partial charge in [-0.15, -0.1) is 0 Å². The van der Waals surface area contributed by atoms with Gasteiger partial charge in [-0.3, -0.25) is 9.59 Å². The molecule has 0 aliphatic rings. The highest BCUT2D eigenvalue weighted by Crippen LogP contribution is 2.31. The van der Waals surface area contributed by atoms with Crippen molar-refractivity contribution in [1.29, 1.82) is 0 Å². The number of benzene rings is 3. The number of hydrogen-bond donors (Lipinski definition) is 2. The zero-order valence-corrected chi connectivity index (χ0v) is 22.1. The zero-order chi connectivity index (χ0) is 28.0. The van der Waals surface area contributed by atoms with Gasteiger partial charge in [-0.25, -0.2) is 10.2 Å². The van der Waals surface area contributed by atoms with Crippen LogP contribution in [0.5, 0.6) is 23.0 Å². The van der Waals surface area contributed by atoms with E-state index >= 15 is 0 Å². The monoisotopic (exact) mass is 533 g/mol. The van der Waals surface area contributed by atoms with Gasteiger partial charge in [0, 0.05) is 18.5 Å². The second-order valence-corrected chi connectivity index (χ2v) is 8.12. The van der Waals surface area contributed by atoms with Crippen molar-refractivity contribution < 1.29 is 33.3 Å². The molecule has 0 aromatic heterocycles. The number of nitrogens with one attached hydrogen (secondary N) is 2. The fraction of sp³-hybridized carbons (Fsp3) is 0.241. The van der Waals surface area contributed by atoms with Crippen molar-refractivity contribution in [2.75, 3.05) is 27.4 Å². The van der Waals surface area contributed by atoms with E-state index in [-0.39, 0.29) is 29.5 Å². The van der Waals surface area contributed by atoms with Crippen LogP contribution in [0.1, 0.15) is 46.0 Å². The normalized spacial score (nSPS) is 10.5. The molecule has 3 aromatic rings. The van der Waals surface area contributed by atoms with Gasteiger partial charge in [-0.05, 0) is 67.4 Å². The Morgan fingerprint density at radius 3 is 2.31 bits per heavy atom. The number of hydrogen-bond acceptors (Lipinski definition) is 8. The standard InChI is InChI=1S/C29H31N3O7/c1-4-38-26-17-20(12-14-24(26)39-29(35)22-13-15-23(36-2)25(18-22)37-3)19-31-32-27(33)11-8-16-30-28(34)21-9-6-5-7-10-21/h5-7,9-10,12-15,17-19H,4,8,11,16H2,1-3H3,(H,30,34)(H,32,33)/b31-19+. The first-order valence-corrected chi connectivity index (χ1v) is 12.3. The third-order valence-electron chi connectivity index (χ3n) is 5.39. The van der Waals surface area contributed by atoms with Crippen molar-refractivity contribution in [3.63, 3.8) is 0 Å². The maximum Gasteiger partial charge on any atom is 0.343 e. The SMILES string of the molecule is CCOc1cc(/C=N/NC(=O)CCCNC(=O)c2ccccc2)ccc1OC(=O)c1ccc(OC)c(OC)c1. The lowest BCUT2D eigenvalue weighted by Gasteiger charge is -2.12. The molecule has 0 unspecified atom stereocenters. The number of amides is 2. The molecule has 2 amide bonds. The first kappa shape index (κ1) is 28.7. The summed E-state index contributed by atoms with van der Waals surface area (Å²) < 4.78 is 21.6. The number of esters is 1. The summed E-state index contributed by atoms with van der Waals surface area (Å²) in [6.45, 7) is 2.52. The van der Waals surface area contributed by atoms with Crippen molar-refractivity contribution in [3.8, 4) is 23.0 Å². The van der Waals surface area contributed by atoms with Crippen LogP contribution in [-0.2, 0) is 4.79 Å². The molecule has 0 saturated carbocycles. The van der Waals surface area contributed by atoms with Crippen LogP contribution >= 0.6 is 0 Å². The molecule has 3 rings (SSSR count). The fourth-order valence-corrected chi connectivity index (χ4v) is 3.46. The first-order chi connectivity index (χ1) is 18.9. The van der Waals surface area contributed by atoms with Crippen molar-refractivity contribution >= 4 is 24.0 Å². The highest BCUT2D eigenvalue weighted by atomic mass is 16.6. The highest BCUT2D eigenvalue weighted by molar-refractivity contribution is 5.94. The predicted octanol–water partition coefficient (Wildman–Crippen LogP) is 3.98. The molecule has 0 atom stereocenters. The Hall–Kier alpha value is -4.86. The van der Waals surface area contributed by atoms with E-state index in [1.54, 1.807) is 54.6 Å². The summed E-state index contributed by atoms with van der Waals surface area (Å²) in [6.07, 6.45) is 2.12. The molecule has 39 heavy (non-hydrogen) atoms. The topological polar surface area (TPSA) is 125 Å². The van der Waals surface area contributed by atoms with Gasteiger partial charge in [-0.2, -0.15) is 5.10 Å². The Morgan fingerprint density at radius 2 is 1.59 bits per heavy atom. The van der Waals surface area contributed by atoms with Crippen molar-refractivity contribution in [2.45, 2.75) is 19.8 Å². The molecule has 10 heteroatoms. The molecule has 0 aliphatic heterocycles. The fourth-order valence-electron chi connectivity index (χ4n) is 3.46.